The van der Waals surface area contributed by atoms with Crippen molar-refractivity contribution in [3.05, 3.63) is 58.7 Å². The van der Waals surface area contributed by atoms with Gasteiger partial charge < -0.3 is 4.74 Å². The summed E-state index contributed by atoms with van der Waals surface area (Å²) >= 11 is 0. The Bertz CT molecular complexity index is 1470. The molecule has 1 aliphatic rings. The van der Waals surface area contributed by atoms with Gasteiger partial charge in [-0.1, -0.05) is 65.8 Å². The lowest BCUT2D eigenvalue weighted by molar-refractivity contribution is -0.634. The predicted molar refractivity (Wildman–Crippen MR) is 142 cm³/mol. The number of aromatic nitrogens is 2. The summed E-state index contributed by atoms with van der Waals surface area (Å²) in [7, 11) is 2.15. The van der Waals surface area contributed by atoms with Crippen molar-refractivity contribution in [3.63, 3.8) is 0 Å². The van der Waals surface area contributed by atoms with Crippen molar-refractivity contribution >= 4 is 21.8 Å². The van der Waals surface area contributed by atoms with E-state index in [1.807, 2.05) is 0 Å². The van der Waals surface area contributed by atoms with E-state index in [9.17, 15) is 0 Å². The van der Waals surface area contributed by atoms with Crippen molar-refractivity contribution in [1.82, 2.24) is 4.98 Å². The number of aryl methyl sites for hydroxylation is 2. The summed E-state index contributed by atoms with van der Waals surface area (Å²) in [6.07, 6.45) is 1.97. The average Bonchev–Trinajstić information content (AvgIpc) is 2.69. The van der Waals surface area contributed by atoms with E-state index in [1.54, 1.807) is 0 Å². The Morgan fingerprint density at radius 3 is 2.29 bits per heavy atom. The number of benzene rings is 3. The lowest BCUT2D eigenvalue weighted by Crippen LogP contribution is -2.34. The van der Waals surface area contributed by atoms with E-state index in [0.29, 0.717) is 5.88 Å². The maximum atomic E-state index is 6.64. The van der Waals surface area contributed by atoms with Crippen LogP contribution in [0.2, 0.25) is 0 Å². The summed E-state index contributed by atoms with van der Waals surface area (Å²) in [5, 5.41) is 2.46. The molecule has 0 unspecified atom stereocenters. The monoisotopic (exact) mass is 453 g/mol. The van der Waals surface area contributed by atoms with E-state index < -0.39 is 0 Å². The molecule has 5 rings (SSSR count). The van der Waals surface area contributed by atoms with Crippen LogP contribution in [0.3, 0.4) is 0 Å². The number of ether oxygens (including phenoxy) is 1. The molecular formula is C31H37N2O+. The smallest absolute Gasteiger partial charge is 0.294 e. The Hall–Kier alpha value is -2.94. The number of rotatable bonds is 2. The molecule has 1 aliphatic heterocycles. The van der Waals surface area contributed by atoms with Crippen molar-refractivity contribution < 1.29 is 9.30 Å². The quantitative estimate of drug-likeness (QED) is 0.255. The summed E-state index contributed by atoms with van der Waals surface area (Å²) in [5.74, 6) is 1.65. The molecule has 0 bridgehead atoms. The maximum Gasteiger partial charge on any atom is 0.294 e. The van der Waals surface area contributed by atoms with Gasteiger partial charge in [-0.3, -0.25) is 0 Å². The van der Waals surface area contributed by atoms with Crippen LogP contribution in [0.4, 0.5) is 0 Å². The zero-order valence-electron chi connectivity index (χ0n) is 22.2. The standard InChI is InChI=1S/C31H37N2O/c1-18-13-22-14-20(16-30(3,4)5)15-24-26(22)25(19(18)2)28-29(34-24)32-27-21(17-31(6,7)8)11-10-12-23(27)33(28)9/h10-15H,16-17H2,1-9H3/q+1. The van der Waals surface area contributed by atoms with E-state index in [1.165, 1.54) is 38.6 Å². The van der Waals surface area contributed by atoms with Crippen LogP contribution in [-0.4, -0.2) is 4.98 Å². The minimum atomic E-state index is 0.180. The van der Waals surface area contributed by atoms with Crippen LogP contribution in [-0.2, 0) is 19.9 Å². The van der Waals surface area contributed by atoms with Crippen molar-refractivity contribution in [1.29, 1.82) is 0 Å². The fraction of sp³-hybridized carbons (Fsp3) is 0.419. The van der Waals surface area contributed by atoms with Gasteiger partial charge in [-0.05, 0) is 71.2 Å². The van der Waals surface area contributed by atoms with Gasteiger partial charge in [0.15, 0.2) is 0 Å². The van der Waals surface area contributed by atoms with Gasteiger partial charge in [0.1, 0.15) is 18.3 Å². The predicted octanol–water partition coefficient (Wildman–Crippen LogP) is 7.78. The van der Waals surface area contributed by atoms with Crippen LogP contribution in [0.1, 0.15) is 63.8 Å². The molecule has 0 fully saturated rings. The van der Waals surface area contributed by atoms with Crippen LogP contribution in [0.15, 0.2) is 36.4 Å². The van der Waals surface area contributed by atoms with Crippen LogP contribution >= 0.6 is 0 Å². The highest BCUT2D eigenvalue weighted by atomic mass is 16.5. The van der Waals surface area contributed by atoms with Crippen LogP contribution in [0.25, 0.3) is 33.1 Å². The Labute approximate surface area is 203 Å². The highest BCUT2D eigenvalue weighted by molar-refractivity contribution is 6.05. The third-order valence-electron chi connectivity index (χ3n) is 6.89. The first-order valence-electron chi connectivity index (χ1n) is 12.4. The summed E-state index contributed by atoms with van der Waals surface area (Å²) < 4.78 is 8.93. The number of nitrogens with zero attached hydrogens (tertiary/aromatic N) is 2. The molecule has 0 N–H and O–H groups in total. The number of hydrogen-bond donors (Lipinski definition) is 0. The number of para-hydroxylation sites is 1. The van der Waals surface area contributed by atoms with Crippen molar-refractivity contribution in [2.24, 2.45) is 17.9 Å². The van der Waals surface area contributed by atoms with Gasteiger partial charge in [-0.15, -0.1) is 0 Å². The molecule has 0 spiro atoms. The van der Waals surface area contributed by atoms with E-state index in [4.69, 9.17) is 9.72 Å². The normalized spacial score (nSPS) is 13.3. The fourth-order valence-electron chi connectivity index (χ4n) is 5.45. The van der Waals surface area contributed by atoms with E-state index in [0.717, 1.165) is 35.3 Å². The van der Waals surface area contributed by atoms with Gasteiger partial charge >= 0.3 is 0 Å². The van der Waals surface area contributed by atoms with Gasteiger partial charge in [0, 0.05) is 11.5 Å². The van der Waals surface area contributed by atoms with E-state index in [-0.39, 0.29) is 10.8 Å². The highest BCUT2D eigenvalue weighted by Crippen LogP contribution is 2.48. The van der Waals surface area contributed by atoms with Crippen LogP contribution in [0.5, 0.6) is 11.6 Å². The molecule has 0 saturated carbocycles. The molecule has 0 aliphatic carbocycles. The second kappa shape index (κ2) is 7.53. The second-order valence-electron chi connectivity index (χ2n) is 12.6. The van der Waals surface area contributed by atoms with Gasteiger partial charge in [0.25, 0.3) is 11.6 Å². The Morgan fingerprint density at radius 2 is 1.62 bits per heavy atom. The third kappa shape index (κ3) is 3.85. The topological polar surface area (TPSA) is 26.0 Å². The Balaban J connectivity index is 1.83. The minimum Gasteiger partial charge on any atom is -0.433 e. The summed E-state index contributed by atoms with van der Waals surface area (Å²) in [6.45, 7) is 18.1. The molecule has 0 saturated heterocycles. The van der Waals surface area contributed by atoms with Crippen molar-refractivity contribution in [2.45, 2.75) is 68.2 Å². The lowest BCUT2D eigenvalue weighted by atomic mass is 9.85. The summed E-state index contributed by atoms with van der Waals surface area (Å²) in [6, 6.07) is 13.5. The van der Waals surface area contributed by atoms with E-state index >= 15 is 0 Å². The highest BCUT2D eigenvalue weighted by Gasteiger charge is 2.34. The van der Waals surface area contributed by atoms with Gasteiger partial charge in [0.2, 0.25) is 5.52 Å². The Kier molecular flexibility index (Phi) is 5.06. The SMILES string of the molecule is Cc1cc2cc(CC(C)(C)C)cc3c2c(c1C)-c1c(nc2c(CC(C)(C)C)cccc2[n+]1C)O3. The largest absolute Gasteiger partial charge is 0.433 e. The zero-order valence-corrected chi connectivity index (χ0v) is 22.2. The van der Waals surface area contributed by atoms with Gasteiger partial charge in [0.05, 0.1) is 5.56 Å². The molecule has 1 aromatic heterocycles. The molecule has 176 valence electrons. The molecular weight excluding hydrogens is 416 g/mol. The van der Waals surface area contributed by atoms with Crippen LogP contribution < -0.4 is 9.30 Å². The minimum absolute atomic E-state index is 0.180. The molecule has 3 aromatic carbocycles. The molecule has 34 heavy (non-hydrogen) atoms. The molecule has 0 amide bonds. The fourth-order valence-corrected chi connectivity index (χ4v) is 5.45. The molecule has 0 radical (unpaired) electrons. The average molecular weight is 454 g/mol. The lowest BCUT2D eigenvalue weighted by Gasteiger charge is -2.24. The Morgan fingerprint density at radius 1 is 0.912 bits per heavy atom. The molecule has 3 heteroatoms. The second-order valence-corrected chi connectivity index (χ2v) is 12.6. The first kappa shape index (κ1) is 22.8. The van der Waals surface area contributed by atoms with Crippen LogP contribution in [0, 0.1) is 24.7 Å². The van der Waals surface area contributed by atoms with Gasteiger partial charge in [-0.25, -0.2) is 4.98 Å². The third-order valence-corrected chi connectivity index (χ3v) is 6.89. The first-order valence-corrected chi connectivity index (χ1v) is 12.4. The molecule has 4 aromatic rings. The molecule has 2 heterocycles. The maximum absolute atomic E-state index is 6.64. The summed E-state index contributed by atoms with van der Waals surface area (Å²) in [5.41, 5.74) is 10.1. The van der Waals surface area contributed by atoms with Crippen molar-refractivity contribution in [2.75, 3.05) is 0 Å². The number of fused-ring (bicyclic) bond motifs is 3. The molecule has 3 nitrogen and oxygen atoms in total. The first-order chi connectivity index (χ1) is 15.8. The molecule has 0 atom stereocenters. The van der Waals surface area contributed by atoms with Gasteiger partial charge in [-0.2, -0.15) is 4.57 Å². The van der Waals surface area contributed by atoms with Crippen molar-refractivity contribution in [3.8, 4) is 22.9 Å². The number of hydrogen-bond acceptors (Lipinski definition) is 2. The zero-order chi connectivity index (χ0) is 24.6. The summed E-state index contributed by atoms with van der Waals surface area (Å²) in [4.78, 5) is 5.18. The van der Waals surface area contributed by atoms with E-state index in [2.05, 4.69) is 103 Å².